The van der Waals surface area contributed by atoms with E-state index in [4.69, 9.17) is 20.2 Å². The van der Waals surface area contributed by atoms with Crippen LogP contribution in [0.25, 0.3) is 22.3 Å². The van der Waals surface area contributed by atoms with Gasteiger partial charge in [-0.25, -0.2) is 14.6 Å². The minimum absolute atomic E-state index is 0. The van der Waals surface area contributed by atoms with E-state index in [2.05, 4.69) is 10.6 Å². The van der Waals surface area contributed by atoms with E-state index >= 15 is 0 Å². The maximum Gasteiger partial charge on any atom is 0.355 e. The first-order valence-electron chi connectivity index (χ1n) is 17.9. The number of benzene rings is 2. The number of hydrogen-bond donors (Lipinski definition) is 3. The summed E-state index contributed by atoms with van der Waals surface area (Å²) in [5, 5.41) is 6.58. The van der Waals surface area contributed by atoms with Gasteiger partial charge in [0.05, 0.1) is 35.4 Å². The second-order valence-electron chi connectivity index (χ2n) is 13.9. The number of ether oxygens (including phenoxy) is 2. The van der Waals surface area contributed by atoms with Gasteiger partial charge in [0.1, 0.15) is 18.7 Å². The molecule has 6 rings (SSSR count). The molecule has 13 heteroatoms. The largest absolute Gasteiger partial charge is 0.457 e. The van der Waals surface area contributed by atoms with Gasteiger partial charge in [-0.15, -0.1) is 12.4 Å². The fourth-order valence-electron chi connectivity index (χ4n) is 7.07. The lowest BCUT2D eigenvalue weighted by atomic mass is 9.85. The smallest absolute Gasteiger partial charge is 0.355 e. The Morgan fingerprint density at radius 3 is 2.45 bits per heavy atom. The van der Waals surface area contributed by atoms with Gasteiger partial charge in [0.2, 0.25) is 17.4 Å². The number of cyclic esters (lactones) is 1. The SMILES string of the molecule is CC[C@@]1(OC(=O)C(CC(C)C)NC(=O)C(CCCCN)NC(=O)Cc2ccccc2)C(=O)OCc2c1cc1n(c2=O)Cc2cc3ccccc3nc2-1.Cl. The lowest BCUT2D eigenvalue weighted by Crippen LogP contribution is -2.55. The maximum atomic E-state index is 14.2. The van der Waals surface area contributed by atoms with Crippen molar-refractivity contribution in [3.8, 4) is 11.4 Å². The van der Waals surface area contributed by atoms with E-state index in [0.29, 0.717) is 43.7 Å². The summed E-state index contributed by atoms with van der Waals surface area (Å²) in [5.41, 5.74) is 7.44. The van der Waals surface area contributed by atoms with Gasteiger partial charge in [0.25, 0.3) is 5.56 Å². The molecule has 0 spiro atoms. The van der Waals surface area contributed by atoms with E-state index in [1.54, 1.807) is 17.6 Å². The molecule has 2 aliphatic heterocycles. The predicted molar refractivity (Wildman–Crippen MR) is 202 cm³/mol. The second kappa shape index (κ2) is 16.7. The molecule has 0 radical (unpaired) electrons. The van der Waals surface area contributed by atoms with E-state index in [1.807, 2.05) is 74.5 Å². The minimum atomic E-state index is -1.94. The molecule has 12 nitrogen and oxygen atoms in total. The molecule has 2 aromatic heterocycles. The van der Waals surface area contributed by atoms with Gasteiger partial charge in [0, 0.05) is 16.5 Å². The zero-order valence-electron chi connectivity index (χ0n) is 30.2. The Morgan fingerprint density at radius 1 is 1.00 bits per heavy atom. The molecule has 280 valence electrons. The van der Waals surface area contributed by atoms with Gasteiger partial charge in [0.15, 0.2) is 0 Å². The summed E-state index contributed by atoms with van der Waals surface area (Å²) in [6.45, 7) is 5.93. The van der Waals surface area contributed by atoms with Crippen LogP contribution in [0.2, 0.25) is 0 Å². The van der Waals surface area contributed by atoms with Crippen molar-refractivity contribution in [2.75, 3.05) is 6.54 Å². The number of esters is 2. The molecule has 0 saturated heterocycles. The number of nitrogens with zero attached hydrogens (tertiary/aromatic N) is 2. The fraction of sp³-hybridized carbons (Fsp3) is 0.400. The topological polar surface area (TPSA) is 172 Å². The van der Waals surface area contributed by atoms with Crippen LogP contribution in [-0.4, -0.2) is 51.9 Å². The van der Waals surface area contributed by atoms with Crippen LogP contribution in [0, 0.1) is 5.92 Å². The average Bonchev–Trinajstić information content (AvgIpc) is 3.49. The third kappa shape index (κ3) is 8.13. The van der Waals surface area contributed by atoms with Crippen molar-refractivity contribution in [1.29, 1.82) is 0 Å². The van der Waals surface area contributed by atoms with E-state index in [1.165, 1.54) is 0 Å². The summed E-state index contributed by atoms with van der Waals surface area (Å²) in [4.78, 5) is 73.5. The van der Waals surface area contributed by atoms with Crippen molar-refractivity contribution in [1.82, 2.24) is 20.2 Å². The Bertz CT molecular complexity index is 2070. The highest BCUT2D eigenvalue weighted by Crippen LogP contribution is 2.41. The number of amides is 2. The minimum Gasteiger partial charge on any atom is -0.457 e. The number of hydrogen-bond acceptors (Lipinski definition) is 9. The van der Waals surface area contributed by atoms with E-state index < -0.39 is 35.5 Å². The van der Waals surface area contributed by atoms with Gasteiger partial charge >= 0.3 is 11.9 Å². The first-order valence-corrected chi connectivity index (χ1v) is 17.9. The van der Waals surface area contributed by atoms with Crippen molar-refractivity contribution >= 4 is 47.1 Å². The zero-order valence-corrected chi connectivity index (χ0v) is 31.0. The lowest BCUT2D eigenvalue weighted by molar-refractivity contribution is -0.191. The fourth-order valence-corrected chi connectivity index (χ4v) is 7.07. The highest BCUT2D eigenvalue weighted by molar-refractivity contribution is 5.93. The van der Waals surface area contributed by atoms with E-state index in [0.717, 1.165) is 22.0 Å². The molecule has 0 bridgehead atoms. The molecule has 0 fully saturated rings. The van der Waals surface area contributed by atoms with Crippen molar-refractivity contribution < 1.29 is 28.7 Å². The number of carbonyl (C=O) groups is 4. The number of halogens is 1. The highest BCUT2D eigenvalue weighted by Gasteiger charge is 2.51. The standard InChI is InChI=1S/C40H45N5O7.ClH/c1-4-40(29-21-33-35-27(20-26-14-8-9-15-30(26)43-35)22-45(33)37(48)28(29)23-51-39(40)50)52-38(49)32(18-24(2)3)44-36(47)31(16-10-11-17-41)42-34(46)19-25-12-6-5-7-13-25;/h5-9,12-15,20-21,24,31-32H,4,10-11,16-19,22-23,41H2,1-3H3,(H,42,46)(H,44,47);1H/t31?,32?,40-;/m0./s1. The number of fused-ring (bicyclic) bond motifs is 5. The molecule has 2 amide bonds. The van der Waals surface area contributed by atoms with E-state index in [9.17, 15) is 24.0 Å². The summed E-state index contributed by atoms with van der Waals surface area (Å²) < 4.78 is 13.3. The second-order valence-corrected chi connectivity index (χ2v) is 13.9. The summed E-state index contributed by atoms with van der Waals surface area (Å²) in [6.07, 6.45) is 1.79. The molecule has 2 aliphatic rings. The lowest BCUT2D eigenvalue weighted by Gasteiger charge is -2.37. The molecule has 2 unspecified atom stereocenters. The summed E-state index contributed by atoms with van der Waals surface area (Å²) in [5.74, 6) is -2.60. The Labute approximate surface area is 314 Å². The molecule has 53 heavy (non-hydrogen) atoms. The number of rotatable bonds is 14. The van der Waals surface area contributed by atoms with Crippen LogP contribution < -0.4 is 21.9 Å². The average molecular weight is 744 g/mol. The van der Waals surface area contributed by atoms with Crippen molar-refractivity contribution in [2.45, 2.75) is 90.1 Å². The number of nitrogens with two attached hydrogens (primary N) is 1. The van der Waals surface area contributed by atoms with Crippen molar-refractivity contribution in [2.24, 2.45) is 11.7 Å². The highest BCUT2D eigenvalue weighted by atomic mass is 35.5. The van der Waals surface area contributed by atoms with E-state index in [-0.39, 0.29) is 66.8 Å². The monoisotopic (exact) mass is 743 g/mol. The Balaban J connectivity index is 0.00000541. The normalized spacial score (nSPS) is 16.7. The van der Waals surface area contributed by atoms with Crippen LogP contribution in [0.4, 0.5) is 0 Å². The third-order valence-electron chi connectivity index (χ3n) is 9.77. The molecule has 0 aliphatic carbocycles. The molecular weight excluding hydrogens is 698 g/mol. The van der Waals surface area contributed by atoms with Gasteiger partial charge in [-0.3, -0.25) is 14.4 Å². The molecule has 0 saturated carbocycles. The Morgan fingerprint density at radius 2 is 1.74 bits per heavy atom. The maximum absolute atomic E-state index is 14.2. The third-order valence-corrected chi connectivity index (χ3v) is 9.77. The molecular formula is C40H46ClN5O7. The molecule has 4 heterocycles. The van der Waals surface area contributed by atoms with Crippen LogP contribution in [0.5, 0.6) is 0 Å². The van der Waals surface area contributed by atoms with Crippen LogP contribution in [0.15, 0.2) is 71.5 Å². The number of aromatic nitrogens is 2. The Hall–Kier alpha value is -5.07. The number of nitrogens with one attached hydrogen (secondary N) is 2. The van der Waals surface area contributed by atoms with Gasteiger partial charge in [-0.05, 0) is 68.3 Å². The summed E-state index contributed by atoms with van der Waals surface area (Å²) in [7, 11) is 0. The Kier molecular flexibility index (Phi) is 12.4. The van der Waals surface area contributed by atoms with Crippen molar-refractivity contribution in [3.05, 3.63) is 99.3 Å². The first-order chi connectivity index (χ1) is 25.0. The van der Waals surface area contributed by atoms with Gasteiger partial charge in [-0.1, -0.05) is 69.3 Å². The predicted octanol–water partition coefficient (Wildman–Crippen LogP) is 4.44. The van der Waals surface area contributed by atoms with Crippen molar-refractivity contribution in [3.63, 3.8) is 0 Å². The molecule has 2 aromatic carbocycles. The number of para-hydroxylation sites is 1. The van der Waals surface area contributed by atoms with Gasteiger partial charge in [-0.2, -0.15) is 0 Å². The van der Waals surface area contributed by atoms with Crippen LogP contribution >= 0.6 is 12.4 Å². The number of unbranched alkanes of at least 4 members (excludes halogenated alkanes) is 1. The molecule has 4 N–H and O–H groups in total. The molecule has 3 atom stereocenters. The van der Waals surface area contributed by atoms with Crippen LogP contribution in [0.1, 0.15) is 75.1 Å². The summed E-state index contributed by atoms with van der Waals surface area (Å²) in [6, 6.07) is 18.5. The number of carbonyl (C=O) groups excluding carboxylic acids is 4. The molecule has 4 aromatic rings. The first kappa shape index (κ1) is 39.1. The summed E-state index contributed by atoms with van der Waals surface area (Å²) >= 11 is 0. The van der Waals surface area contributed by atoms with Gasteiger partial charge < -0.3 is 30.4 Å². The number of pyridine rings is 2. The quantitative estimate of drug-likeness (QED) is 0.110. The van der Waals surface area contributed by atoms with Crippen LogP contribution in [0.3, 0.4) is 0 Å². The zero-order chi connectivity index (χ0) is 37.0. The van der Waals surface area contributed by atoms with Crippen LogP contribution in [-0.2, 0) is 53.8 Å².